The van der Waals surface area contributed by atoms with Crippen molar-refractivity contribution < 1.29 is 0 Å². The van der Waals surface area contributed by atoms with Crippen LogP contribution in [0.2, 0.25) is 0 Å². The normalized spacial score (nSPS) is 12.0. The number of aromatic nitrogens is 2. The van der Waals surface area contributed by atoms with E-state index in [2.05, 4.69) is 35.6 Å². The molecule has 0 saturated carbocycles. The number of nitrogens with zero attached hydrogens (tertiary/aromatic N) is 2. The molecule has 0 fully saturated rings. The number of nitrogens with one attached hydrogen (secondary N) is 1. The van der Waals surface area contributed by atoms with Crippen molar-refractivity contribution in [3.05, 3.63) is 18.2 Å². The first-order valence-electron chi connectivity index (χ1n) is 5.76. The Bertz CT molecular complexity index is 289. The van der Waals surface area contributed by atoms with Crippen molar-refractivity contribution >= 4 is 0 Å². The monoisotopic (exact) mass is 209 g/mol. The molecule has 0 aliphatic carbocycles. The van der Waals surface area contributed by atoms with Crippen LogP contribution in [0.3, 0.4) is 0 Å². The molecule has 1 rings (SSSR count). The second kappa shape index (κ2) is 5.31. The fourth-order valence-electron chi connectivity index (χ4n) is 1.86. The lowest BCUT2D eigenvalue weighted by molar-refractivity contribution is 0.360. The van der Waals surface area contributed by atoms with Gasteiger partial charge in [-0.2, -0.15) is 0 Å². The Balaban J connectivity index is 2.30. The third-order valence-corrected chi connectivity index (χ3v) is 2.75. The van der Waals surface area contributed by atoms with Crippen molar-refractivity contribution in [1.29, 1.82) is 0 Å². The highest BCUT2D eigenvalue weighted by molar-refractivity contribution is 4.92. The predicted molar refractivity (Wildman–Crippen MR) is 63.9 cm³/mol. The van der Waals surface area contributed by atoms with Gasteiger partial charge in [-0.15, -0.1) is 0 Å². The summed E-state index contributed by atoms with van der Waals surface area (Å²) in [5, 5.41) is 3.57. The van der Waals surface area contributed by atoms with Crippen LogP contribution in [0.15, 0.2) is 12.4 Å². The summed E-state index contributed by atoms with van der Waals surface area (Å²) in [5.74, 6) is 1.15. The molecule has 86 valence electrons. The molecule has 1 aromatic heterocycles. The summed E-state index contributed by atoms with van der Waals surface area (Å²) in [4.78, 5) is 4.30. The third-order valence-electron chi connectivity index (χ3n) is 2.75. The van der Waals surface area contributed by atoms with Crippen molar-refractivity contribution in [2.24, 2.45) is 7.05 Å². The lowest BCUT2D eigenvalue weighted by atomic mass is 9.99. The standard InChI is InChI=1S/C12H23N3/c1-5-7-12(2,3)14-8-6-11-13-9-10-15(11)4/h9-10,14H,5-8H2,1-4H3. The topological polar surface area (TPSA) is 29.9 Å². The number of aryl methyl sites for hydroxylation is 1. The quantitative estimate of drug-likeness (QED) is 0.778. The molecule has 1 N–H and O–H groups in total. The molecule has 0 spiro atoms. The average Bonchev–Trinajstić information content (AvgIpc) is 2.51. The van der Waals surface area contributed by atoms with Gasteiger partial charge in [0.2, 0.25) is 0 Å². The predicted octanol–water partition coefficient (Wildman–Crippen LogP) is 2.13. The zero-order chi connectivity index (χ0) is 11.3. The molecule has 0 atom stereocenters. The van der Waals surface area contributed by atoms with Crippen molar-refractivity contribution in [2.75, 3.05) is 6.54 Å². The summed E-state index contributed by atoms with van der Waals surface area (Å²) in [6.07, 6.45) is 7.28. The van der Waals surface area contributed by atoms with Crippen molar-refractivity contribution in [1.82, 2.24) is 14.9 Å². The van der Waals surface area contributed by atoms with Gasteiger partial charge in [0, 0.05) is 37.9 Å². The number of hydrogen-bond donors (Lipinski definition) is 1. The van der Waals surface area contributed by atoms with E-state index in [1.165, 1.54) is 12.8 Å². The molecule has 3 nitrogen and oxygen atoms in total. The fourth-order valence-corrected chi connectivity index (χ4v) is 1.86. The minimum absolute atomic E-state index is 0.250. The van der Waals surface area contributed by atoms with E-state index in [9.17, 15) is 0 Å². The molecule has 0 bridgehead atoms. The van der Waals surface area contributed by atoms with E-state index in [1.807, 2.05) is 19.4 Å². The van der Waals surface area contributed by atoms with Crippen molar-refractivity contribution in [2.45, 2.75) is 45.6 Å². The van der Waals surface area contributed by atoms with Gasteiger partial charge < -0.3 is 9.88 Å². The maximum atomic E-state index is 4.30. The van der Waals surface area contributed by atoms with Gasteiger partial charge in [0.05, 0.1) is 0 Å². The van der Waals surface area contributed by atoms with E-state index < -0.39 is 0 Å². The molecule has 1 aromatic rings. The Hall–Kier alpha value is -0.830. The second-order valence-electron chi connectivity index (χ2n) is 4.77. The van der Waals surface area contributed by atoms with Gasteiger partial charge in [-0.25, -0.2) is 4.98 Å². The second-order valence-corrected chi connectivity index (χ2v) is 4.77. The molecule has 0 aromatic carbocycles. The van der Waals surface area contributed by atoms with Gasteiger partial charge >= 0.3 is 0 Å². The van der Waals surface area contributed by atoms with Gasteiger partial charge in [-0.05, 0) is 20.3 Å². The van der Waals surface area contributed by atoms with E-state index in [-0.39, 0.29) is 5.54 Å². The molecule has 1 heterocycles. The Labute approximate surface area is 92.9 Å². The maximum absolute atomic E-state index is 4.30. The van der Waals surface area contributed by atoms with E-state index in [1.54, 1.807) is 0 Å². The van der Waals surface area contributed by atoms with Crippen LogP contribution in [0.5, 0.6) is 0 Å². The molecule has 0 unspecified atom stereocenters. The van der Waals surface area contributed by atoms with Crippen LogP contribution < -0.4 is 5.32 Å². The minimum Gasteiger partial charge on any atom is -0.338 e. The van der Waals surface area contributed by atoms with E-state index in [0.717, 1.165) is 18.8 Å². The Kier molecular flexibility index (Phi) is 4.33. The largest absolute Gasteiger partial charge is 0.338 e. The van der Waals surface area contributed by atoms with Crippen molar-refractivity contribution in [3.8, 4) is 0 Å². The van der Waals surface area contributed by atoms with Gasteiger partial charge in [0.15, 0.2) is 0 Å². The molecule has 0 aliphatic heterocycles. The molecule has 0 aliphatic rings. The summed E-state index contributed by atoms with van der Waals surface area (Å²) in [7, 11) is 2.04. The number of rotatable bonds is 6. The van der Waals surface area contributed by atoms with Gasteiger partial charge in [-0.3, -0.25) is 0 Å². The first-order valence-corrected chi connectivity index (χ1v) is 5.76. The Morgan fingerprint density at radius 1 is 1.47 bits per heavy atom. The van der Waals surface area contributed by atoms with E-state index in [4.69, 9.17) is 0 Å². The van der Waals surface area contributed by atoms with Crippen LogP contribution in [-0.2, 0) is 13.5 Å². The summed E-state index contributed by atoms with van der Waals surface area (Å²) >= 11 is 0. The zero-order valence-electron chi connectivity index (χ0n) is 10.4. The molecule has 0 radical (unpaired) electrons. The van der Waals surface area contributed by atoms with Crippen molar-refractivity contribution in [3.63, 3.8) is 0 Å². The summed E-state index contributed by atoms with van der Waals surface area (Å²) in [5.41, 5.74) is 0.250. The zero-order valence-corrected chi connectivity index (χ0v) is 10.4. The van der Waals surface area contributed by atoms with Gasteiger partial charge in [-0.1, -0.05) is 13.3 Å². The highest BCUT2D eigenvalue weighted by Gasteiger charge is 2.14. The molecular weight excluding hydrogens is 186 g/mol. The minimum atomic E-state index is 0.250. The fraction of sp³-hybridized carbons (Fsp3) is 0.750. The van der Waals surface area contributed by atoms with Crippen LogP contribution in [-0.4, -0.2) is 21.6 Å². The first kappa shape index (κ1) is 12.2. The SMILES string of the molecule is CCCC(C)(C)NCCc1nccn1C. The number of imidazole rings is 1. The van der Waals surface area contributed by atoms with Crippen LogP contribution >= 0.6 is 0 Å². The van der Waals surface area contributed by atoms with E-state index in [0.29, 0.717) is 0 Å². The number of hydrogen-bond acceptors (Lipinski definition) is 2. The summed E-state index contributed by atoms with van der Waals surface area (Å²) < 4.78 is 2.08. The maximum Gasteiger partial charge on any atom is 0.109 e. The van der Waals surface area contributed by atoms with Gasteiger partial charge in [0.1, 0.15) is 5.82 Å². The average molecular weight is 209 g/mol. The Morgan fingerprint density at radius 3 is 2.73 bits per heavy atom. The third kappa shape index (κ3) is 4.04. The smallest absolute Gasteiger partial charge is 0.109 e. The van der Waals surface area contributed by atoms with Crippen LogP contribution in [0.1, 0.15) is 39.4 Å². The molecule has 0 saturated heterocycles. The van der Waals surface area contributed by atoms with Crippen LogP contribution in [0.4, 0.5) is 0 Å². The molecular formula is C12H23N3. The highest BCUT2D eigenvalue weighted by atomic mass is 15.0. The molecule has 15 heavy (non-hydrogen) atoms. The highest BCUT2D eigenvalue weighted by Crippen LogP contribution is 2.10. The Morgan fingerprint density at radius 2 is 2.20 bits per heavy atom. The molecule has 3 heteroatoms. The van der Waals surface area contributed by atoms with Crippen LogP contribution in [0, 0.1) is 0 Å². The van der Waals surface area contributed by atoms with Gasteiger partial charge in [0.25, 0.3) is 0 Å². The molecule has 0 amide bonds. The summed E-state index contributed by atoms with van der Waals surface area (Å²) in [6, 6.07) is 0. The summed E-state index contributed by atoms with van der Waals surface area (Å²) in [6.45, 7) is 7.74. The first-order chi connectivity index (χ1) is 7.05. The van der Waals surface area contributed by atoms with Crippen LogP contribution in [0.25, 0.3) is 0 Å². The lowest BCUT2D eigenvalue weighted by Gasteiger charge is -2.25. The lowest BCUT2D eigenvalue weighted by Crippen LogP contribution is -2.40. The van der Waals surface area contributed by atoms with E-state index >= 15 is 0 Å².